The fourth-order valence-corrected chi connectivity index (χ4v) is 4.45. The Balaban J connectivity index is 1.22. The average Bonchev–Trinajstić information content (AvgIpc) is 3.09. The van der Waals surface area contributed by atoms with Crippen LogP contribution in [0.1, 0.15) is 44.2 Å². The zero-order chi connectivity index (χ0) is 19.4. The van der Waals surface area contributed by atoms with Gasteiger partial charge < -0.3 is 15.5 Å². The summed E-state index contributed by atoms with van der Waals surface area (Å²) in [4.78, 5) is 11.3. The Morgan fingerprint density at radius 1 is 1.32 bits per heavy atom. The zero-order valence-corrected chi connectivity index (χ0v) is 15.9. The molecule has 28 heavy (non-hydrogen) atoms. The van der Waals surface area contributed by atoms with Gasteiger partial charge in [-0.05, 0) is 31.7 Å². The molecule has 2 aliphatic heterocycles. The Kier molecular flexibility index (Phi) is 4.04. The minimum absolute atomic E-state index is 0.0596. The Bertz CT molecular complexity index is 852. The fraction of sp³-hybridized carbons (Fsp3) is 0.632. The monoisotopic (exact) mass is 389 g/mol. The Hall–Kier alpha value is -2.29. The Morgan fingerprint density at radius 3 is 2.89 bits per heavy atom. The van der Waals surface area contributed by atoms with Gasteiger partial charge in [0.05, 0.1) is 6.54 Å². The minimum Gasteiger partial charge on any atom is -0.337 e. The number of anilines is 3. The van der Waals surface area contributed by atoms with E-state index in [1.165, 1.54) is 18.5 Å². The third kappa shape index (κ3) is 3.55. The Morgan fingerprint density at radius 2 is 2.14 bits per heavy atom. The van der Waals surface area contributed by atoms with Crippen molar-refractivity contribution in [3.63, 3.8) is 0 Å². The number of nitrogens with zero attached hydrogens (tertiary/aromatic N) is 4. The summed E-state index contributed by atoms with van der Waals surface area (Å²) in [5.41, 5.74) is 1.23. The van der Waals surface area contributed by atoms with E-state index in [1.807, 2.05) is 12.1 Å². The van der Waals surface area contributed by atoms with Gasteiger partial charge in [0.25, 0.3) is 5.92 Å². The molecule has 4 aliphatic rings. The van der Waals surface area contributed by atoms with E-state index in [-0.39, 0.29) is 12.0 Å². The number of nitrogens with one attached hydrogen (secondary N) is 3. The van der Waals surface area contributed by atoms with Crippen molar-refractivity contribution in [2.75, 3.05) is 29.9 Å². The highest BCUT2D eigenvalue weighted by Crippen LogP contribution is 2.52. The summed E-state index contributed by atoms with van der Waals surface area (Å²) >= 11 is 0. The number of H-pyrrole nitrogens is 1. The molecule has 2 saturated heterocycles. The van der Waals surface area contributed by atoms with E-state index in [2.05, 4.69) is 35.7 Å². The van der Waals surface area contributed by atoms with Crippen LogP contribution in [0.3, 0.4) is 0 Å². The highest BCUT2D eigenvalue weighted by atomic mass is 19.3. The van der Waals surface area contributed by atoms with Gasteiger partial charge >= 0.3 is 0 Å². The van der Waals surface area contributed by atoms with Crippen LogP contribution in [0.4, 0.5) is 26.4 Å². The molecule has 7 nitrogen and oxygen atoms in total. The standard InChI is InChI=1S/C19H25F2N7/c1-18(20,21)9-22-10-19-7-13(8-19)28(11-19)17-23-5-4-15(25-17)24-16-6-14(26-27-16)12-2-3-12/h4-6,12-13,22H,2-3,7-11H2,1H3,(H2,23,24,25,26,27). The maximum absolute atomic E-state index is 13.0. The number of halogens is 2. The molecule has 4 heterocycles. The molecule has 0 atom stereocenters. The summed E-state index contributed by atoms with van der Waals surface area (Å²) in [6, 6.07) is 4.26. The van der Waals surface area contributed by atoms with Crippen molar-refractivity contribution in [1.29, 1.82) is 0 Å². The maximum atomic E-state index is 13.0. The first-order valence-corrected chi connectivity index (χ1v) is 9.90. The number of aromatic nitrogens is 4. The van der Waals surface area contributed by atoms with Crippen LogP contribution < -0.4 is 15.5 Å². The number of fused-ring (bicyclic) bond motifs is 1. The van der Waals surface area contributed by atoms with E-state index in [4.69, 9.17) is 0 Å². The van der Waals surface area contributed by atoms with Crippen LogP contribution in [0.5, 0.6) is 0 Å². The molecule has 9 heteroatoms. The van der Waals surface area contributed by atoms with Crippen LogP contribution in [-0.2, 0) is 0 Å². The Labute approximate surface area is 162 Å². The second-order valence-electron chi connectivity index (χ2n) is 8.71. The van der Waals surface area contributed by atoms with Gasteiger partial charge in [-0.3, -0.25) is 5.10 Å². The SMILES string of the molecule is CC(F)(F)CNCC12CC(C1)N(c1nccc(Nc3cc(C4CC4)[nH]n3)n1)C2. The van der Waals surface area contributed by atoms with Crippen LogP contribution in [-0.4, -0.2) is 51.8 Å². The van der Waals surface area contributed by atoms with Crippen LogP contribution in [0.15, 0.2) is 18.3 Å². The van der Waals surface area contributed by atoms with Gasteiger partial charge in [-0.15, -0.1) is 0 Å². The van der Waals surface area contributed by atoms with Crippen LogP contribution in [0.25, 0.3) is 0 Å². The minimum atomic E-state index is -2.67. The molecular formula is C19H25F2N7. The van der Waals surface area contributed by atoms with Gasteiger partial charge in [-0.2, -0.15) is 10.1 Å². The predicted octanol–water partition coefficient (Wildman–Crippen LogP) is 3.03. The largest absolute Gasteiger partial charge is 0.337 e. The quantitative estimate of drug-likeness (QED) is 0.644. The molecule has 0 aromatic carbocycles. The molecule has 3 N–H and O–H groups in total. The molecular weight excluding hydrogens is 364 g/mol. The lowest BCUT2D eigenvalue weighted by Crippen LogP contribution is -2.44. The molecule has 0 radical (unpaired) electrons. The first-order valence-electron chi connectivity index (χ1n) is 9.90. The number of alkyl halides is 2. The summed E-state index contributed by atoms with van der Waals surface area (Å²) < 4.78 is 26.1. The second kappa shape index (κ2) is 6.37. The van der Waals surface area contributed by atoms with Crippen molar-refractivity contribution in [3.8, 4) is 0 Å². The summed E-state index contributed by atoms with van der Waals surface area (Å²) in [6.07, 6.45) is 6.20. The first-order chi connectivity index (χ1) is 13.4. The van der Waals surface area contributed by atoms with Gasteiger partial charge in [0.2, 0.25) is 5.95 Å². The van der Waals surface area contributed by atoms with Crippen molar-refractivity contribution >= 4 is 17.6 Å². The predicted molar refractivity (Wildman–Crippen MR) is 102 cm³/mol. The molecule has 0 amide bonds. The van der Waals surface area contributed by atoms with Crippen molar-refractivity contribution in [2.45, 2.75) is 50.5 Å². The molecule has 4 fully saturated rings. The number of hydrogen-bond acceptors (Lipinski definition) is 6. The van der Waals surface area contributed by atoms with Crippen molar-refractivity contribution < 1.29 is 8.78 Å². The third-order valence-corrected chi connectivity index (χ3v) is 5.99. The highest BCUT2D eigenvalue weighted by molar-refractivity contribution is 5.54. The van der Waals surface area contributed by atoms with Crippen LogP contribution in [0, 0.1) is 5.41 Å². The van der Waals surface area contributed by atoms with Gasteiger partial charge in [0.1, 0.15) is 5.82 Å². The van der Waals surface area contributed by atoms with Crippen molar-refractivity contribution in [2.24, 2.45) is 5.41 Å². The van der Waals surface area contributed by atoms with E-state index >= 15 is 0 Å². The van der Waals surface area contributed by atoms with E-state index < -0.39 is 5.92 Å². The first kappa shape index (κ1) is 17.8. The lowest BCUT2D eigenvalue weighted by molar-refractivity contribution is 0.0185. The topological polar surface area (TPSA) is 81.8 Å². The van der Waals surface area contributed by atoms with Gasteiger partial charge in [-0.25, -0.2) is 13.8 Å². The lowest BCUT2D eigenvalue weighted by Gasteiger charge is -2.37. The van der Waals surface area contributed by atoms with E-state index in [9.17, 15) is 8.78 Å². The molecule has 2 bridgehead atoms. The van der Waals surface area contributed by atoms with Crippen molar-refractivity contribution in [3.05, 3.63) is 24.0 Å². The average molecular weight is 389 g/mol. The molecule has 2 aliphatic carbocycles. The molecule has 6 rings (SSSR count). The number of hydrogen-bond donors (Lipinski definition) is 3. The second-order valence-corrected chi connectivity index (χ2v) is 8.71. The third-order valence-electron chi connectivity index (χ3n) is 5.99. The normalized spacial score (nSPS) is 26.4. The maximum Gasteiger partial charge on any atom is 0.257 e. The summed E-state index contributed by atoms with van der Waals surface area (Å²) in [5.74, 6) is 0.109. The van der Waals surface area contributed by atoms with Crippen molar-refractivity contribution in [1.82, 2.24) is 25.5 Å². The molecule has 2 aromatic heterocycles. The molecule has 2 aromatic rings. The summed E-state index contributed by atoms with van der Waals surface area (Å²) in [6.45, 7) is 2.08. The fourth-order valence-electron chi connectivity index (χ4n) is 4.45. The number of aromatic amines is 1. The molecule has 0 unspecified atom stereocenters. The van der Waals surface area contributed by atoms with Gasteiger partial charge in [0, 0.05) is 55.3 Å². The van der Waals surface area contributed by atoms with Gasteiger partial charge in [-0.1, -0.05) is 0 Å². The van der Waals surface area contributed by atoms with Crippen LogP contribution in [0.2, 0.25) is 0 Å². The van der Waals surface area contributed by atoms with Gasteiger partial charge in [0.15, 0.2) is 5.82 Å². The van der Waals surface area contributed by atoms with E-state index in [1.54, 1.807) is 6.20 Å². The zero-order valence-electron chi connectivity index (χ0n) is 15.9. The smallest absolute Gasteiger partial charge is 0.257 e. The van der Waals surface area contributed by atoms with E-state index in [0.717, 1.165) is 32.1 Å². The molecule has 0 spiro atoms. The van der Waals surface area contributed by atoms with Crippen LogP contribution >= 0.6 is 0 Å². The summed E-state index contributed by atoms with van der Waals surface area (Å²) in [5, 5.41) is 13.6. The molecule has 2 saturated carbocycles. The number of rotatable bonds is 8. The lowest BCUT2D eigenvalue weighted by atomic mass is 9.70. The van der Waals surface area contributed by atoms with E-state index in [0.29, 0.717) is 30.3 Å². The molecule has 150 valence electrons. The summed E-state index contributed by atoms with van der Waals surface area (Å²) in [7, 11) is 0. The highest BCUT2D eigenvalue weighted by Gasteiger charge is 2.55.